The van der Waals surface area contributed by atoms with Crippen molar-refractivity contribution in [3.8, 4) is 0 Å². The van der Waals surface area contributed by atoms with E-state index in [1.807, 2.05) is 18.2 Å². The SMILES string of the molecule is COCCc1noc(C2CN(Cc3cccc(Cl)c3)CC2CO)n1. The van der Waals surface area contributed by atoms with E-state index < -0.39 is 0 Å². The van der Waals surface area contributed by atoms with Crippen LogP contribution in [0.4, 0.5) is 0 Å². The van der Waals surface area contributed by atoms with Crippen LogP contribution in [0.25, 0.3) is 0 Å². The van der Waals surface area contributed by atoms with Crippen LogP contribution in [0.5, 0.6) is 0 Å². The van der Waals surface area contributed by atoms with Crippen molar-refractivity contribution >= 4 is 11.6 Å². The largest absolute Gasteiger partial charge is 0.396 e. The van der Waals surface area contributed by atoms with Gasteiger partial charge in [0.15, 0.2) is 5.82 Å². The average Bonchev–Trinajstić information content (AvgIpc) is 3.19. The van der Waals surface area contributed by atoms with Gasteiger partial charge < -0.3 is 14.4 Å². The zero-order valence-electron chi connectivity index (χ0n) is 13.7. The molecule has 0 aliphatic carbocycles. The number of methoxy groups -OCH3 is 1. The second-order valence-electron chi connectivity index (χ2n) is 6.16. The van der Waals surface area contributed by atoms with Gasteiger partial charge in [-0.3, -0.25) is 4.90 Å². The average molecular weight is 352 g/mol. The standard InChI is InChI=1S/C17H22ClN3O3/c1-23-6-5-16-19-17(24-20-16)15-10-21(9-13(15)11-22)8-12-3-2-4-14(18)7-12/h2-4,7,13,15,22H,5-6,8-11H2,1H3. The fourth-order valence-electron chi connectivity index (χ4n) is 3.16. The molecular formula is C17H22ClN3O3. The van der Waals surface area contributed by atoms with E-state index in [0.717, 1.165) is 30.2 Å². The van der Waals surface area contributed by atoms with E-state index in [2.05, 4.69) is 21.1 Å². The zero-order valence-corrected chi connectivity index (χ0v) is 14.4. The molecule has 1 N–H and O–H groups in total. The van der Waals surface area contributed by atoms with E-state index >= 15 is 0 Å². The Labute approximate surface area is 146 Å². The van der Waals surface area contributed by atoms with Gasteiger partial charge >= 0.3 is 0 Å². The maximum absolute atomic E-state index is 9.72. The lowest BCUT2D eigenvalue weighted by Crippen LogP contribution is -2.20. The van der Waals surface area contributed by atoms with Crippen LogP contribution in [0.15, 0.2) is 28.8 Å². The molecule has 1 fully saturated rings. The van der Waals surface area contributed by atoms with E-state index in [0.29, 0.717) is 24.7 Å². The third-order valence-corrected chi connectivity index (χ3v) is 4.61. The quantitative estimate of drug-likeness (QED) is 0.823. The summed E-state index contributed by atoms with van der Waals surface area (Å²) >= 11 is 6.05. The lowest BCUT2D eigenvalue weighted by Gasteiger charge is -2.15. The van der Waals surface area contributed by atoms with Crippen LogP contribution in [0, 0.1) is 5.92 Å². The number of aliphatic hydroxyl groups is 1. The van der Waals surface area contributed by atoms with Crippen LogP contribution in [-0.2, 0) is 17.7 Å². The van der Waals surface area contributed by atoms with E-state index in [1.54, 1.807) is 7.11 Å². The molecule has 0 amide bonds. The molecule has 24 heavy (non-hydrogen) atoms. The number of rotatable bonds is 7. The monoisotopic (exact) mass is 351 g/mol. The van der Waals surface area contributed by atoms with Crippen molar-refractivity contribution < 1.29 is 14.4 Å². The van der Waals surface area contributed by atoms with E-state index in [9.17, 15) is 5.11 Å². The number of likely N-dealkylation sites (tertiary alicyclic amines) is 1. The summed E-state index contributed by atoms with van der Waals surface area (Å²) in [5.41, 5.74) is 1.16. The maximum Gasteiger partial charge on any atom is 0.231 e. The van der Waals surface area contributed by atoms with Crippen molar-refractivity contribution in [1.29, 1.82) is 0 Å². The lowest BCUT2D eigenvalue weighted by atomic mass is 9.97. The van der Waals surface area contributed by atoms with Gasteiger partial charge in [-0.25, -0.2) is 0 Å². The summed E-state index contributed by atoms with van der Waals surface area (Å²) in [6.45, 7) is 3.03. The molecule has 7 heteroatoms. The first kappa shape index (κ1) is 17.4. The topological polar surface area (TPSA) is 71.6 Å². The van der Waals surface area contributed by atoms with Crippen LogP contribution < -0.4 is 0 Å². The highest BCUT2D eigenvalue weighted by atomic mass is 35.5. The minimum atomic E-state index is 0.0537. The molecule has 0 bridgehead atoms. The fourth-order valence-corrected chi connectivity index (χ4v) is 3.37. The highest BCUT2D eigenvalue weighted by Crippen LogP contribution is 2.32. The Morgan fingerprint density at radius 2 is 2.29 bits per heavy atom. The number of ether oxygens (including phenoxy) is 1. The van der Waals surface area contributed by atoms with E-state index in [4.69, 9.17) is 20.9 Å². The highest BCUT2D eigenvalue weighted by molar-refractivity contribution is 6.30. The van der Waals surface area contributed by atoms with Gasteiger partial charge in [-0.15, -0.1) is 0 Å². The Hall–Kier alpha value is -1.47. The van der Waals surface area contributed by atoms with Crippen LogP contribution in [0.2, 0.25) is 5.02 Å². The zero-order chi connectivity index (χ0) is 16.9. The summed E-state index contributed by atoms with van der Waals surface area (Å²) in [5, 5.41) is 14.5. The summed E-state index contributed by atoms with van der Waals surface area (Å²) in [6, 6.07) is 7.85. The van der Waals surface area contributed by atoms with Gasteiger partial charge in [-0.2, -0.15) is 4.98 Å². The Morgan fingerprint density at radius 1 is 1.42 bits per heavy atom. The number of aromatic nitrogens is 2. The van der Waals surface area contributed by atoms with E-state index in [-0.39, 0.29) is 18.4 Å². The number of nitrogens with zero attached hydrogens (tertiary/aromatic N) is 3. The number of aliphatic hydroxyl groups excluding tert-OH is 1. The molecule has 1 saturated heterocycles. The normalized spacial score (nSPS) is 21.5. The van der Waals surface area contributed by atoms with Gasteiger partial charge in [0.2, 0.25) is 5.89 Å². The minimum Gasteiger partial charge on any atom is -0.396 e. The Morgan fingerprint density at radius 3 is 3.04 bits per heavy atom. The second kappa shape index (κ2) is 8.07. The molecule has 0 saturated carbocycles. The van der Waals surface area contributed by atoms with Crippen molar-refractivity contribution in [3.05, 3.63) is 46.6 Å². The summed E-state index contributed by atoms with van der Waals surface area (Å²) < 4.78 is 10.5. The predicted molar refractivity (Wildman–Crippen MR) is 89.9 cm³/mol. The number of hydrogen-bond acceptors (Lipinski definition) is 6. The Bertz CT molecular complexity index is 664. The second-order valence-corrected chi connectivity index (χ2v) is 6.60. The number of benzene rings is 1. The predicted octanol–water partition coefficient (Wildman–Crippen LogP) is 2.12. The molecule has 1 aliphatic heterocycles. The molecule has 1 aliphatic rings. The highest BCUT2D eigenvalue weighted by Gasteiger charge is 2.37. The maximum atomic E-state index is 9.72. The molecule has 0 spiro atoms. The molecule has 6 nitrogen and oxygen atoms in total. The van der Waals surface area contributed by atoms with E-state index in [1.165, 1.54) is 0 Å². The van der Waals surface area contributed by atoms with Gasteiger partial charge in [-0.05, 0) is 17.7 Å². The molecule has 3 rings (SSSR count). The molecule has 2 heterocycles. The smallest absolute Gasteiger partial charge is 0.231 e. The molecule has 1 aromatic heterocycles. The Balaban J connectivity index is 1.66. The van der Waals surface area contributed by atoms with Gasteiger partial charge in [0.05, 0.1) is 12.5 Å². The third-order valence-electron chi connectivity index (χ3n) is 4.38. The van der Waals surface area contributed by atoms with Crippen molar-refractivity contribution in [2.75, 3.05) is 33.4 Å². The van der Waals surface area contributed by atoms with Crippen LogP contribution in [-0.4, -0.2) is 53.6 Å². The van der Waals surface area contributed by atoms with Crippen molar-refractivity contribution in [2.24, 2.45) is 5.92 Å². The minimum absolute atomic E-state index is 0.0537. The van der Waals surface area contributed by atoms with Crippen molar-refractivity contribution in [1.82, 2.24) is 15.0 Å². The van der Waals surface area contributed by atoms with Crippen LogP contribution in [0.3, 0.4) is 0 Å². The molecule has 0 radical (unpaired) electrons. The van der Waals surface area contributed by atoms with Gasteiger partial charge in [0.1, 0.15) is 0 Å². The summed E-state index contributed by atoms with van der Waals surface area (Å²) in [4.78, 5) is 6.75. The molecule has 2 atom stereocenters. The number of hydrogen-bond donors (Lipinski definition) is 1. The van der Waals surface area contributed by atoms with Crippen molar-refractivity contribution in [3.63, 3.8) is 0 Å². The van der Waals surface area contributed by atoms with Crippen molar-refractivity contribution in [2.45, 2.75) is 18.9 Å². The summed E-state index contributed by atoms with van der Waals surface area (Å²) in [7, 11) is 1.65. The van der Waals surface area contributed by atoms with Gasteiger partial charge in [0, 0.05) is 50.7 Å². The first-order valence-corrected chi connectivity index (χ1v) is 8.46. The van der Waals surface area contributed by atoms with Gasteiger partial charge in [0.25, 0.3) is 0 Å². The Kier molecular flexibility index (Phi) is 5.84. The van der Waals surface area contributed by atoms with Crippen LogP contribution in [0.1, 0.15) is 23.2 Å². The third kappa shape index (κ3) is 4.13. The lowest BCUT2D eigenvalue weighted by molar-refractivity contribution is 0.199. The molecule has 130 valence electrons. The molecule has 2 unspecified atom stereocenters. The first-order chi connectivity index (χ1) is 11.7. The number of halogens is 1. The first-order valence-electron chi connectivity index (χ1n) is 8.08. The fraction of sp³-hybridized carbons (Fsp3) is 0.529. The molecule has 1 aromatic carbocycles. The molecule has 2 aromatic rings. The summed E-state index contributed by atoms with van der Waals surface area (Å²) in [5.74, 6) is 1.41. The van der Waals surface area contributed by atoms with Gasteiger partial charge in [-0.1, -0.05) is 28.9 Å². The molecular weight excluding hydrogens is 330 g/mol. The van der Waals surface area contributed by atoms with Crippen LogP contribution >= 0.6 is 11.6 Å². The summed E-state index contributed by atoms with van der Waals surface area (Å²) in [6.07, 6.45) is 0.628.